The largest absolute Gasteiger partial charge is 0.465 e. The van der Waals surface area contributed by atoms with E-state index in [0.717, 1.165) is 18.8 Å². The van der Waals surface area contributed by atoms with Crippen molar-refractivity contribution >= 4 is 45.1 Å². The zero-order chi connectivity index (χ0) is 31.5. The predicted octanol–water partition coefficient (Wildman–Crippen LogP) is 4.33. The third-order valence-corrected chi connectivity index (χ3v) is 10.1. The molecule has 9 nitrogen and oxygen atoms in total. The molecule has 0 radical (unpaired) electrons. The second kappa shape index (κ2) is 13.9. The van der Waals surface area contributed by atoms with Crippen LogP contribution in [0.2, 0.25) is 0 Å². The number of aliphatic hydroxyl groups is 1. The fourth-order valence-corrected chi connectivity index (χ4v) is 8.06. The molecule has 236 valence electrons. The quantitative estimate of drug-likeness (QED) is 0.130. The van der Waals surface area contributed by atoms with Gasteiger partial charge in [-0.05, 0) is 63.3 Å². The van der Waals surface area contributed by atoms with Gasteiger partial charge < -0.3 is 29.3 Å². The fourth-order valence-electron chi connectivity index (χ4n) is 7.12. The number of aliphatic hydroxyl groups excluding tert-OH is 1. The van der Waals surface area contributed by atoms with Crippen molar-refractivity contribution in [3.05, 3.63) is 49.6 Å². The van der Waals surface area contributed by atoms with Crippen molar-refractivity contribution in [3.63, 3.8) is 0 Å². The van der Waals surface area contributed by atoms with Crippen LogP contribution < -0.4 is 9.80 Å². The first-order valence-electron chi connectivity index (χ1n) is 15.4. The molecule has 0 saturated carbocycles. The first-order valence-corrected chi connectivity index (χ1v) is 16.3. The van der Waals surface area contributed by atoms with E-state index in [1.54, 1.807) is 17.1 Å². The molecule has 3 heterocycles. The number of likely N-dealkylation sites (tertiary alicyclic amines) is 1. The molecule has 0 aliphatic carbocycles. The Morgan fingerprint density at radius 3 is 2.40 bits per heavy atom. The topological polar surface area (TPSA) is 99.6 Å². The zero-order valence-corrected chi connectivity index (χ0v) is 27.4. The summed E-state index contributed by atoms with van der Waals surface area (Å²) in [6, 6.07) is 6.09. The molecule has 2 bridgehead atoms. The number of unbranched alkanes of at least 4 members (excludes halogenated alkanes) is 1. The van der Waals surface area contributed by atoms with Gasteiger partial charge in [0.25, 0.3) is 5.91 Å². The highest BCUT2D eigenvalue weighted by Gasteiger charge is 2.77. The van der Waals surface area contributed by atoms with E-state index < -0.39 is 41.6 Å². The number of ether oxygens (including phenoxy) is 2. The van der Waals surface area contributed by atoms with E-state index in [-0.39, 0.29) is 42.3 Å². The van der Waals surface area contributed by atoms with E-state index in [1.807, 2.05) is 38.1 Å². The van der Waals surface area contributed by atoms with Gasteiger partial charge in [-0.25, -0.2) is 0 Å². The van der Waals surface area contributed by atoms with Crippen LogP contribution in [-0.4, -0.2) is 89.3 Å². The summed E-state index contributed by atoms with van der Waals surface area (Å²) in [6.45, 7) is 17.4. The first-order chi connectivity index (χ1) is 20.6. The number of nitrogens with zero attached hydrogens (tertiary/aromatic N) is 3. The van der Waals surface area contributed by atoms with Crippen molar-refractivity contribution in [2.24, 2.45) is 17.8 Å². The number of hydrogen-bond donors (Lipinski definition) is 1. The average Bonchev–Trinajstić information content (AvgIpc) is 3.58. The smallest absolute Gasteiger partial charge is 0.312 e. The summed E-state index contributed by atoms with van der Waals surface area (Å²) in [5.74, 6) is -3.08. The minimum atomic E-state index is -1.25. The Morgan fingerprint density at radius 2 is 1.84 bits per heavy atom. The molecule has 3 aliphatic heterocycles. The van der Waals surface area contributed by atoms with Crippen LogP contribution in [0.4, 0.5) is 11.4 Å². The predicted molar refractivity (Wildman–Crippen MR) is 171 cm³/mol. The van der Waals surface area contributed by atoms with Crippen LogP contribution in [0.1, 0.15) is 47.0 Å². The molecular weight excluding hydrogens is 614 g/mol. The molecular formula is C33H46BrN3O6. The van der Waals surface area contributed by atoms with Crippen LogP contribution in [0.3, 0.4) is 0 Å². The molecule has 0 aromatic heterocycles. The summed E-state index contributed by atoms with van der Waals surface area (Å²) in [7, 11) is 0. The second-order valence-corrected chi connectivity index (χ2v) is 13.1. The van der Waals surface area contributed by atoms with E-state index in [0.29, 0.717) is 24.9 Å². The SMILES string of the molecule is C=CCCCOC(=O)[C@H]1[C@H]2C(=O)N([C@@H](CO)C(C)C)C(C(=O)N(CC=C)c3ccc(N(CC)CC)cc3)C23CC(Br)[C@@H]1O3. The van der Waals surface area contributed by atoms with E-state index in [1.165, 1.54) is 4.90 Å². The summed E-state index contributed by atoms with van der Waals surface area (Å²) in [5.41, 5.74) is 0.463. The van der Waals surface area contributed by atoms with Crippen LogP contribution in [0.5, 0.6) is 0 Å². The normalized spacial score (nSPS) is 28.1. The van der Waals surface area contributed by atoms with Crippen molar-refractivity contribution in [2.75, 3.05) is 42.6 Å². The molecule has 1 aromatic rings. The number of fused-ring (bicyclic) bond motifs is 1. The Morgan fingerprint density at radius 1 is 1.19 bits per heavy atom. The van der Waals surface area contributed by atoms with Crippen molar-refractivity contribution < 1.29 is 29.0 Å². The van der Waals surface area contributed by atoms with Gasteiger partial charge in [0.05, 0.1) is 37.2 Å². The third kappa shape index (κ3) is 5.90. The highest BCUT2D eigenvalue weighted by Crippen LogP contribution is 2.61. The first kappa shape index (κ1) is 33.2. The summed E-state index contributed by atoms with van der Waals surface area (Å²) in [5, 5.41) is 10.5. The summed E-state index contributed by atoms with van der Waals surface area (Å²) < 4.78 is 12.3. The van der Waals surface area contributed by atoms with Crippen molar-refractivity contribution in [3.8, 4) is 0 Å². The summed E-state index contributed by atoms with van der Waals surface area (Å²) >= 11 is 3.70. The number of anilines is 2. The molecule has 2 amide bonds. The highest BCUT2D eigenvalue weighted by molar-refractivity contribution is 9.09. The monoisotopic (exact) mass is 659 g/mol. The van der Waals surface area contributed by atoms with Gasteiger partial charge in [-0.15, -0.1) is 13.2 Å². The lowest BCUT2D eigenvalue weighted by Crippen LogP contribution is -2.60. The average molecular weight is 661 g/mol. The maximum atomic E-state index is 14.8. The van der Waals surface area contributed by atoms with E-state index in [9.17, 15) is 19.5 Å². The molecule has 3 fully saturated rings. The van der Waals surface area contributed by atoms with Crippen LogP contribution in [0, 0.1) is 17.8 Å². The lowest BCUT2D eigenvalue weighted by atomic mass is 9.70. The van der Waals surface area contributed by atoms with Crippen LogP contribution in [0.25, 0.3) is 0 Å². The molecule has 1 N–H and O–H groups in total. The molecule has 1 aromatic carbocycles. The van der Waals surface area contributed by atoms with Gasteiger partial charge in [0, 0.05) is 35.8 Å². The Balaban J connectivity index is 1.76. The van der Waals surface area contributed by atoms with E-state index in [2.05, 4.69) is 47.8 Å². The fraction of sp³-hybridized carbons (Fsp3) is 0.606. The minimum absolute atomic E-state index is 0.151. The summed E-state index contributed by atoms with van der Waals surface area (Å²) in [6.07, 6.45) is 4.52. The summed E-state index contributed by atoms with van der Waals surface area (Å²) in [4.78, 5) is 47.8. The Bertz CT molecular complexity index is 1190. The second-order valence-electron chi connectivity index (χ2n) is 11.9. The van der Waals surface area contributed by atoms with Gasteiger partial charge in [-0.1, -0.05) is 41.9 Å². The molecule has 3 aliphatic rings. The van der Waals surface area contributed by atoms with Gasteiger partial charge in [-0.2, -0.15) is 0 Å². The minimum Gasteiger partial charge on any atom is -0.465 e. The Labute approximate surface area is 264 Å². The maximum Gasteiger partial charge on any atom is 0.312 e. The molecule has 4 rings (SSSR count). The molecule has 1 spiro atoms. The molecule has 10 heteroatoms. The Hall–Kier alpha value is -2.69. The lowest BCUT2D eigenvalue weighted by Gasteiger charge is -2.40. The zero-order valence-electron chi connectivity index (χ0n) is 25.8. The molecule has 43 heavy (non-hydrogen) atoms. The number of benzene rings is 1. The maximum absolute atomic E-state index is 14.8. The highest BCUT2D eigenvalue weighted by atomic mass is 79.9. The van der Waals surface area contributed by atoms with Crippen molar-refractivity contribution in [1.82, 2.24) is 4.90 Å². The number of halogens is 1. The van der Waals surface area contributed by atoms with Gasteiger partial charge in [-0.3, -0.25) is 14.4 Å². The number of carbonyl (C=O) groups excluding carboxylic acids is 3. The number of allylic oxidation sites excluding steroid dienone is 1. The number of hydrogen-bond acceptors (Lipinski definition) is 7. The molecule has 3 saturated heterocycles. The van der Waals surface area contributed by atoms with Gasteiger partial charge in [0.1, 0.15) is 11.6 Å². The number of carbonyl (C=O) groups is 3. The number of alkyl halides is 1. The Kier molecular flexibility index (Phi) is 10.8. The number of amides is 2. The van der Waals surface area contributed by atoms with Crippen molar-refractivity contribution in [1.29, 1.82) is 0 Å². The lowest BCUT2D eigenvalue weighted by molar-refractivity contribution is -0.156. The van der Waals surface area contributed by atoms with E-state index in [4.69, 9.17) is 9.47 Å². The van der Waals surface area contributed by atoms with Gasteiger partial charge >= 0.3 is 5.97 Å². The van der Waals surface area contributed by atoms with Crippen LogP contribution in [0.15, 0.2) is 49.6 Å². The van der Waals surface area contributed by atoms with E-state index >= 15 is 0 Å². The third-order valence-electron chi connectivity index (χ3n) is 9.21. The van der Waals surface area contributed by atoms with Crippen LogP contribution >= 0.6 is 15.9 Å². The molecule has 7 atom stereocenters. The van der Waals surface area contributed by atoms with Gasteiger partial charge in [0.2, 0.25) is 5.91 Å². The number of rotatable bonds is 15. The molecule has 3 unspecified atom stereocenters. The van der Waals surface area contributed by atoms with Crippen molar-refractivity contribution in [2.45, 2.75) is 75.6 Å². The van der Waals surface area contributed by atoms with Crippen LogP contribution in [-0.2, 0) is 23.9 Å². The van der Waals surface area contributed by atoms with Gasteiger partial charge in [0.15, 0.2) is 0 Å². The number of esters is 1. The standard InChI is InChI=1S/C33H46BrN3O6/c1-7-11-12-18-42-32(41)26-27-30(39)37(25(20-38)21(5)6)29(33(27)19-24(34)28(26)43-33)31(40)36(17-8-2)23-15-13-22(14-16-23)35(9-3)10-4/h7-8,13-16,21,24-29,38H,1-2,9-12,17-20H2,3-6H3/t24?,25-,26-,27-,28-,29?,33?/m0/s1.